The van der Waals surface area contributed by atoms with E-state index >= 15 is 0 Å². The highest BCUT2D eigenvalue weighted by molar-refractivity contribution is 7.09. The lowest BCUT2D eigenvalue weighted by atomic mass is 10.1. The molecule has 0 atom stereocenters. The van der Waals surface area contributed by atoms with Crippen molar-refractivity contribution in [2.24, 2.45) is 0 Å². The van der Waals surface area contributed by atoms with Crippen LogP contribution in [-0.4, -0.2) is 16.1 Å². The molecule has 0 aliphatic rings. The van der Waals surface area contributed by atoms with E-state index in [9.17, 15) is 9.18 Å². The molecule has 1 aromatic carbocycles. The molecule has 1 N–H and O–H groups in total. The highest BCUT2D eigenvalue weighted by Gasteiger charge is 2.09. The number of aromatic carboxylic acids is 1. The van der Waals surface area contributed by atoms with Crippen LogP contribution in [0.4, 0.5) is 4.39 Å². The molecule has 0 unspecified atom stereocenters. The Morgan fingerprint density at radius 2 is 2.29 bits per heavy atom. The molecule has 1 aromatic heterocycles. The number of carboxylic acids is 1. The second-order valence-corrected chi connectivity index (χ2v) is 4.63. The first-order chi connectivity index (χ1) is 8.06. The van der Waals surface area contributed by atoms with Crippen molar-refractivity contribution in [3.63, 3.8) is 0 Å². The number of hydrogen-bond acceptors (Lipinski definition) is 3. The van der Waals surface area contributed by atoms with Crippen molar-refractivity contribution in [3.05, 3.63) is 51.2 Å². The number of hydrogen-bond donors (Lipinski definition) is 1. The van der Waals surface area contributed by atoms with Gasteiger partial charge >= 0.3 is 5.97 Å². The Bertz CT molecular complexity index is 565. The molecule has 0 bridgehead atoms. The molecule has 0 radical (unpaired) electrons. The van der Waals surface area contributed by atoms with Gasteiger partial charge in [-0.3, -0.25) is 0 Å². The molecule has 0 spiro atoms. The van der Waals surface area contributed by atoms with Crippen molar-refractivity contribution in [3.8, 4) is 0 Å². The van der Waals surface area contributed by atoms with E-state index in [1.54, 1.807) is 19.1 Å². The Hall–Kier alpha value is -1.75. The first-order valence-electron chi connectivity index (χ1n) is 4.99. The van der Waals surface area contributed by atoms with Crippen LogP contribution >= 0.6 is 11.3 Å². The number of aromatic nitrogens is 1. The molecule has 0 saturated heterocycles. The lowest BCUT2D eigenvalue weighted by Gasteiger charge is -2.01. The molecule has 0 saturated carbocycles. The molecular formula is C12H10FNO2S. The van der Waals surface area contributed by atoms with E-state index in [0.717, 1.165) is 5.56 Å². The molecule has 0 amide bonds. The molecule has 88 valence electrons. The lowest BCUT2D eigenvalue weighted by Crippen LogP contribution is -1.97. The van der Waals surface area contributed by atoms with Gasteiger partial charge in [0.15, 0.2) is 5.69 Å². The van der Waals surface area contributed by atoms with Crippen LogP contribution in [0.3, 0.4) is 0 Å². The molecule has 5 heteroatoms. The van der Waals surface area contributed by atoms with Crippen molar-refractivity contribution >= 4 is 17.3 Å². The van der Waals surface area contributed by atoms with Gasteiger partial charge in [-0.15, -0.1) is 11.3 Å². The van der Waals surface area contributed by atoms with Crippen LogP contribution in [0.1, 0.15) is 26.6 Å². The van der Waals surface area contributed by atoms with Crippen LogP contribution < -0.4 is 0 Å². The summed E-state index contributed by atoms with van der Waals surface area (Å²) in [6.45, 7) is 1.70. The molecule has 0 aliphatic heterocycles. The van der Waals surface area contributed by atoms with E-state index in [1.807, 2.05) is 0 Å². The smallest absolute Gasteiger partial charge is 0.355 e. The minimum Gasteiger partial charge on any atom is -0.476 e. The van der Waals surface area contributed by atoms with Gasteiger partial charge in [-0.2, -0.15) is 0 Å². The Balaban J connectivity index is 2.19. The quantitative estimate of drug-likeness (QED) is 0.912. The lowest BCUT2D eigenvalue weighted by molar-refractivity contribution is 0.0691. The summed E-state index contributed by atoms with van der Waals surface area (Å²) in [4.78, 5) is 14.6. The van der Waals surface area contributed by atoms with Crippen molar-refractivity contribution < 1.29 is 14.3 Å². The number of nitrogens with zero attached hydrogens (tertiary/aromatic N) is 1. The van der Waals surface area contributed by atoms with E-state index in [4.69, 9.17) is 5.11 Å². The molecular weight excluding hydrogens is 241 g/mol. The van der Waals surface area contributed by atoms with Gasteiger partial charge in [0, 0.05) is 11.8 Å². The highest BCUT2D eigenvalue weighted by atomic mass is 32.1. The third-order valence-corrected chi connectivity index (χ3v) is 3.20. The molecule has 2 aromatic rings. The second kappa shape index (κ2) is 4.63. The highest BCUT2D eigenvalue weighted by Crippen LogP contribution is 2.17. The van der Waals surface area contributed by atoms with Gasteiger partial charge < -0.3 is 5.11 Å². The molecule has 17 heavy (non-hydrogen) atoms. The zero-order valence-electron chi connectivity index (χ0n) is 9.11. The van der Waals surface area contributed by atoms with Gasteiger partial charge in [-0.1, -0.05) is 12.1 Å². The number of carbonyl (C=O) groups is 1. The van der Waals surface area contributed by atoms with Gasteiger partial charge in [0.2, 0.25) is 0 Å². The topological polar surface area (TPSA) is 50.2 Å². The molecule has 1 heterocycles. The minimum atomic E-state index is -1.03. The fourth-order valence-corrected chi connectivity index (χ4v) is 2.28. The number of carboxylic acid groups (broad SMARTS) is 1. The summed E-state index contributed by atoms with van der Waals surface area (Å²) in [6, 6.07) is 4.84. The Morgan fingerprint density at radius 1 is 1.53 bits per heavy atom. The first kappa shape index (κ1) is 11.7. The summed E-state index contributed by atoms with van der Waals surface area (Å²) in [5, 5.41) is 11.0. The van der Waals surface area contributed by atoms with E-state index in [0.29, 0.717) is 17.0 Å². The third kappa shape index (κ3) is 2.68. The number of halogens is 1. The molecule has 3 nitrogen and oxygen atoms in total. The zero-order chi connectivity index (χ0) is 12.4. The van der Waals surface area contributed by atoms with E-state index in [2.05, 4.69) is 4.98 Å². The predicted molar refractivity (Wildman–Crippen MR) is 63.0 cm³/mol. The van der Waals surface area contributed by atoms with Gasteiger partial charge in [-0.25, -0.2) is 14.2 Å². The van der Waals surface area contributed by atoms with Crippen molar-refractivity contribution in [2.75, 3.05) is 0 Å². The summed E-state index contributed by atoms with van der Waals surface area (Å²) in [5.74, 6) is -1.26. The molecule has 2 rings (SSSR count). The SMILES string of the molecule is Cc1cc(Cc2nc(C(=O)O)cs2)ccc1F. The van der Waals surface area contributed by atoms with Gasteiger partial charge in [0.25, 0.3) is 0 Å². The summed E-state index contributed by atoms with van der Waals surface area (Å²) in [6.07, 6.45) is 0.527. The van der Waals surface area contributed by atoms with Crippen LogP contribution in [-0.2, 0) is 6.42 Å². The Labute approximate surface area is 102 Å². The average Bonchev–Trinajstić information content (AvgIpc) is 2.72. The third-order valence-electron chi connectivity index (χ3n) is 2.35. The maximum atomic E-state index is 13.1. The number of thiazole rings is 1. The standard InChI is InChI=1S/C12H10FNO2S/c1-7-4-8(2-3-9(7)13)5-11-14-10(6-17-11)12(15)16/h2-4,6H,5H2,1H3,(H,15,16). The number of rotatable bonds is 3. The van der Waals surface area contributed by atoms with Crippen LogP contribution in [0.25, 0.3) is 0 Å². The average molecular weight is 251 g/mol. The normalized spacial score (nSPS) is 10.5. The van der Waals surface area contributed by atoms with E-state index < -0.39 is 5.97 Å². The fraction of sp³-hybridized carbons (Fsp3) is 0.167. The van der Waals surface area contributed by atoms with E-state index in [-0.39, 0.29) is 11.5 Å². The second-order valence-electron chi connectivity index (χ2n) is 3.69. The Morgan fingerprint density at radius 3 is 2.88 bits per heavy atom. The van der Waals surface area contributed by atoms with Crippen molar-refractivity contribution in [2.45, 2.75) is 13.3 Å². The summed E-state index contributed by atoms with van der Waals surface area (Å²) in [5.41, 5.74) is 1.57. The largest absolute Gasteiger partial charge is 0.476 e. The van der Waals surface area contributed by atoms with E-state index in [1.165, 1.54) is 22.8 Å². The van der Waals surface area contributed by atoms with Crippen LogP contribution in [0, 0.1) is 12.7 Å². The molecule has 0 aliphatic carbocycles. The van der Waals surface area contributed by atoms with Gasteiger partial charge in [0.05, 0.1) is 5.01 Å². The van der Waals surface area contributed by atoms with Crippen LogP contribution in [0.5, 0.6) is 0 Å². The van der Waals surface area contributed by atoms with Crippen molar-refractivity contribution in [1.82, 2.24) is 4.98 Å². The number of benzene rings is 1. The summed E-state index contributed by atoms with van der Waals surface area (Å²) >= 11 is 1.30. The molecule has 0 fully saturated rings. The fourth-order valence-electron chi connectivity index (χ4n) is 1.48. The predicted octanol–water partition coefficient (Wildman–Crippen LogP) is 2.88. The van der Waals surface area contributed by atoms with Crippen molar-refractivity contribution in [1.29, 1.82) is 0 Å². The zero-order valence-corrected chi connectivity index (χ0v) is 9.92. The summed E-state index contributed by atoms with van der Waals surface area (Å²) < 4.78 is 13.1. The van der Waals surface area contributed by atoms with Crippen LogP contribution in [0.15, 0.2) is 23.6 Å². The maximum absolute atomic E-state index is 13.1. The minimum absolute atomic E-state index is 0.0591. The summed E-state index contributed by atoms with van der Waals surface area (Å²) in [7, 11) is 0. The van der Waals surface area contributed by atoms with Crippen LogP contribution in [0.2, 0.25) is 0 Å². The first-order valence-corrected chi connectivity index (χ1v) is 5.87. The van der Waals surface area contributed by atoms with Gasteiger partial charge in [-0.05, 0) is 24.1 Å². The number of aryl methyl sites for hydroxylation is 1. The van der Waals surface area contributed by atoms with Gasteiger partial charge in [0.1, 0.15) is 5.82 Å². The monoisotopic (exact) mass is 251 g/mol. The Kier molecular flexibility index (Phi) is 3.19. The maximum Gasteiger partial charge on any atom is 0.355 e.